The van der Waals surface area contributed by atoms with E-state index in [4.69, 9.17) is 25.2 Å². The first-order valence-corrected chi connectivity index (χ1v) is 11.4. The predicted molar refractivity (Wildman–Crippen MR) is 134 cm³/mol. The van der Waals surface area contributed by atoms with Crippen molar-refractivity contribution >= 4 is 28.0 Å². The fourth-order valence-corrected chi connectivity index (χ4v) is 4.12. The van der Waals surface area contributed by atoms with Crippen molar-refractivity contribution in [3.63, 3.8) is 0 Å². The number of hydrogen-bond acceptors (Lipinski definition) is 6. The second-order valence-corrected chi connectivity index (χ2v) is 8.69. The van der Waals surface area contributed by atoms with Gasteiger partial charge in [0.05, 0.1) is 35.7 Å². The summed E-state index contributed by atoms with van der Waals surface area (Å²) in [4.78, 5) is 22.3. The molecule has 3 aromatic heterocycles. The van der Waals surface area contributed by atoms with Crippen molar-refractivity contribution < 1.29 is 14.3 Å². The molecule has 0 unspecified atom stereocenters. The van der Waals surface area contributed by atoms with Gasteiger partial charge in [0.25, 0.3) is 0 Å². The Hall–Kier alpha value is -3.65. The number of nitrogens with zero attached hydrogens (tertiary/aromatic N) is 4. The highest BCUT2D eigenvalue weighted by Gasteiger charge is 2.22. The quantitative estimate of drug-likeness (QED) is 0.300. The Balaban J connectivity index is 1.93. The van der Waals surface area contributed by atoms with Crippen LogP contribution in [0.3, 0.4) is 0 Å². The van der Waals surface area contributed by atoms with Crippen LogP contribution in [0.2, 0.25) is 0 Å². The molecule has 1 aromatic carbocycles. The van der Waals surface area contributed by atoms with E-state index < -0.39 is 5.97 Å². The van der Waals surface area contributed by atoms with Gasteiger partial charge in [-0.15, -0.1) is 6.58 Å². The Morgan fingerprint density at radius 3 is 2.62 bits per heavy atom. The molecule has 2 N–H and O–H groups in total. The van der Waals surface area contributed by atoms with Gasteiger partial charge in [-0.3, -0.25) is 0 Å². The van der Waals surface area contributed by atoms with Gasteiger partial charge < -0.3 is 24.3 Å². The van der Waals surface area contributed by atoms with Gasteiger partial charge in [0.2, 0.25) is 0 Å². The number of imidazole rings is 1. The molecule has 0 fully saturated rings. The summed E-state index contributed by atoms with van der Waals surface area (Å²) < 4.78 is 15.1. The SMILES string of the molecule is C=CCCn1c(-c2nc3cc(C(=O)OC(C)C)cc(OC)c3n2C)cc2ccc([C@@H](C)N)nc21. The number of aryl methyl sites for hydroxylation is 2. The molecule has 34 heavy (non-hydrogen) atoms. The number of methoxy groups -OCH3 is 1. The number of nitrogens with two attached hydrogens (primary N) is 1. The molecule has 8 nitrogen and oxygen atoms in total. The molecule has 0 spiro atoms. The Bertz CT molecular complexity index is 1380. The zero-order valence-corrected chi connectivity index (χ0v) is 20.3. The van der Waals surface area contributed by atoms with E-state index in [1.54, 1.807) is 19.2 Å². The van der Waals surface area contributed by atoms with Crippen molar-refractivity contribution in [2.75, 3.05) is 7.11 Å². The summed E-state index contributed by atoms with van der Waals surface area (Å²) in [5.41, 5.74) is 10.5. The van der Waals surface area contributed by atoms with Crippen LogP contribution in [0, 0.1) is 0 Å². The van der Waals surface area contributed by atoms with Gasteiger partial charge in [0, 0.05) is 25.0 Å². The highest BCUT2D eigenvalue weighted by molar-refractivity contribution is 5.97. The second kappa shape index (κ2) is 9.30. The third kappa shape index (κ3) is 4.17. The number of hydrogen-bond donors (Lipinski definition) is 1. The maximum Gasteiger partial charge on any atom is 0.338 e. The molecule has 0 amide bonds. The first-order valence-electron chi connectivity index (χ1n) is 11.4. The maximum absolute atomic E-state index is 12.6. The molecule has 3 heterocycles. The van der Waals surface area contributed by atoms with Gasteiger partial charge in [-0.1, -0.05) is 6.08 Å². The number of aromatic nitrogens is 4. The summed E-state index contributed by atoms with van der Waals surface area (Å²) in [6, 6.07) is 9.35. The van der Waals surface area contributed by atoms with Crippen LogP contribution in [-0.2, 0) is 18.3 Å². The molecular formula is C26H31N5O3. The molecular weight excluding hydrogens is 430 g/mol. The maximum atomic E-state index is 12.6. The van der Waals surface area contributed by atoms with Gasteiger partial charge in [-0.05, 0) is 57.5 Å². The first kappa shape index (κ1) is 23.5. The van der Waals surface area contributed by atoms with Gasteiger partial charge in [0.15, 0.2) is 5.82 Å². The van der Waals surface area contributed by atoms with E-state index in [1.165, 1.54) is 0 Å². The van der Waals surface area contributed by atoms with Crippen LogP contribution in [0.4, 0.5) is 0 Å². The van der Waals surface area contributed by atoms with Crippen LogP contribution in [0.25, 0.3) is 33.6 Å². The highest BCUT2D eigenvalue weighted by atomic mass is 16.5. The average molecular weight is 462 g/mol. The summed E-state index contributed by atoms with van der Waals surface area (Å²) in [5, 5.41) is 1.00. The lowest BCUT2D eigenvalue weighted by Crippen LogP contribution is -2.11. The van der Waals surface area contributed by atoms with E-state index in [-0.39, 0.29) is 12.1 Å². The fourth-order valence-electron chi connectivity index (χ4n) is 4.12. The van der Waals surface area contributed by atoms with Crippen molar-refractivity contribution in [3.05, 3.63) is 54.2 Å². The number of esters is 1. The number of ether oxygens (including phenoxy) is 2. The molecule has 0 saturated carbocycles. The van der Waals surface area contributed by atoms with Gasteiger partial charge in [-0.25, -0.2) is 14.8 Å². The van der Waals surface area contributed by atoms with Crippen LogP contribution >= 0.6 is 0 Å². The van der Waals surface area contributed by atoms with Crippen LogP contribution in [0.5, 0.6) is 5.75 Å². The number of benzene rings is 1. The Morgan fingerprint density at radius 1 is 1.21 bits per heavy atom. The fraction of sp³-hybridized carbons (Fsp3) is 0.346. The van der Waals surface area contributed by atoms with Crippen molar-refractivity contribution in [2.45, 2.75) is 45.9 Å². The van der Waals surface area contributed by atoms with E-state index in [0.717, 1.165) is 40.2 Å². The van der Waals surface area contributed by atoms with Crippen molar-refractivity contribution in [1.82, 2.24) is 19.1 Å². The van der Waals surface area contributed by atoms with Crippen LogP contribution in [-0.4, -0.2) is 38.3 Å². The molecule has 4 rings (SSSR count). The predicted octanol–water partition coefficient (Wildman–Crippen LogP) is 4.76. The Morgan fingerprint density at radius 2 is 1.97 bits per heavy atom. The summed E-state index contributed by atoms with van der Waals surface area (Å²) >= 11 is 0. The molecule has 0 aliphatic rings. The molecule has 0 radical (unpaired) electrons. The van der Waals surface area contributed by atoms with Crippen LogP contribution in [0.1, 0.15) is 49.3 Å². The van der Waals surface area contributed by atoms with Gasteiger partial charge in [0.1, 0.15) is 16.9 Å². The lowest BCUT2D eigenvalue weighted by molar-refractivity contribution is 0.0377. The lowest BCUT2D eigenvalue weighted by atomic mass is 10.2. The van der Waals surface area contributed by atoms with Crippen molar-refractivity contribution in [1.29, 1.82) is 0 Å². The third-order valence-corrected chi connectivity index (χ3v) is 5.75. The largest absolute Gasteiger partial charge is 0.494 e. The van der Waals surface area contributed by atoms with Crippen molar-refractivity contribution in [3.8, 4) is 17.3 Å². The Labute approximate surface area is 199 Å². The van der Waals surface area contributed by atoms with E-state index >= 15 is 0 Å². The Kier molecular flexibility index (Phi) is 6.43. The number of rotatable bonds is 8. The average Bonchev–Trinajstić information content (AvgIpc) is 3.33. The number of pyridine rings is 1. The van der Waals surface area contributed by atoms with Gasteiger partial charge >= 0.3 is 5.97 Å². The minimum Gasteiger partial charge on any atom is -0.494 e. The smallest absolute Gasteiger partial charge is 0.338 e. The molecule has 178 valence electrons. The normalized spacial score (nSPS) is 12.4. The summed E-state index contributed by atoms with van der Waals surface area (Å²) in [6.45, 7) is 10.1. The zero-order chi connectivity index (χ0) is 24.6. The number of allylic oxidation sites excluding steroid dienone is 1. The van der Waals surface area contributed by atoms with E-state index in [2.05, 4.69) is 17.2 Å². The summed E-state index contributed by atoms with van der Waals surface area (Å²) in [7, 11) is 3.52. The monoisotopic (exact) mass is 461 g/mol. The summed E-state index contributed by atoms with van der Waals surface area (Å²) in [5.74, 6) is 0.891. The number of carbonyl (C=O) groups excluding carboxylic acids is 1. The second-order valence-electron chi connectivity index (χ2n) is 8.69. The molecule has 8 heteroatoms. The topological polar surface area (TPSA) is 97.2 Å². The van der Waals surface area contributed by atoms with Crippen LogP contribution in [0.15, 0.2) is 43.0 Å². The van der Waals surface area contributed by atoms with E-state index in [9.17, 15) is 4.79 Å². The molecule has 1 atom stereocenters. The van der Waals surface area contributed by atoms with E-state index in [1.807, 2.05) is 50.6 Å². The van der Waals surface area contributed by atoms with Crippen molar-refractivity contribution in [2.24, 2.45) is 12.8 Å². The minimum atomic E-state index is -0.407. The number of carbonyl (C=O) groups is 1. The molecule has 0 bridgehead atoms. The van der Waals surface area contributed by atoms with Gasteiger partial charge in [-0.2, -0.15) is 0 Å². The molecule has 0 saturated heterocycles. The minimum absolute atomic E-state index is 0.167. The lowest BCUT2D eigenvalue weighted by Gasteiger charge is -2.11. The van der Waals surface area contributed by atoms with Crippen LogP contribution < -0.4 is 10.5 Å². The highest BCUT2D eigenvalue weighted by Crippen LogP contribution is 2.34. The third-order valence-electron chi connectivity index (χ3n) is 5.75. The summed E-state index contributed by atoms with van der Waals surface area (Å²) in [6.07, 6.45) is 2.44. The first-order chi connectivity index (χ1) is 16.2. The number of fused-ring (bicyclic) bond motifs is 2. The molecule has 0 aliphatic heterocycles. The zero-order valence-electron chi connectivity index (χ0n) is 20.3. The van der Waals surface area contributed by atoms with E-state index in [0.29, 0.717) is 23.4 Å². The molecule has 4 aromatic rings. The molecule has 0 aliphatic carbocycles. The standard InChI is InChI=1S/C26H31N5O3/c1-7-8-11-31-21(13-17-9-10-19(16(4)27)28-24(17)31)25-29-20-12-18(26(32)34-15(2)3)14-22(33-6)23(20)30(25)5/h7,9-10,12-16H,1,8,11,27H2,2-6H3/t16-/m1/s1.